The number of nitrogens with zero attached hydrogens (tertiary/aromatic N) is 1. The fraction of sp³-hybridized carbons (Fsp3) is 0.400. The van der Waals surface area contributed by atoms with Crippen molar-refractivity contribution in [1.82, 2.24) is 10.2 Å². The van der Waals surface area contributed by atoms with E-state index in [1.165, 1.54) is 11.6 Å². The number of benzene rings is 2. The van der Waals surface area contributed by atoms with Gasteiger partial charge >= 0.3 is 0 Å². The first-order valence-electron chi connectivity index (χ1n) is 10.8. The molecule has 1 atom stereocenters. The summed E-state index contributed by atoms with van der Waals surface area (Å²) in [7, 11) is 0. The third kappa shape index (κ3) is 5.35. The van der Waals surface area contributed by atoms with Crippen LogP contribution in [0.5, 0.6) is 0 Å². The summed E-state index contributed by atoms with van der Waals surface area (Å²) in [5.74, 6) is -1.45. The Morgan fingerprint density at radius 3 is 2.43 bits per heavy atom. The largest absolute Gasteiger partial charge is 0.370 e. The molecule has 2 aromatic carbocycles. The van der Waals surface area contributed by atoms with Gasteiger partial charge in [0.25, 0.3) is 5.91 Å². The zero-order valence-electron chi connectivity index (χ0n) is 17.2. The molecule has 30 heavy (non-hydrogen) atoms. The first-order valence-corrected chi connectivity index (χ1v) is 10.8. The Balaban J connectivity index is 1.22. The van der Waals surface area contributed by atoms with Crippen molar-refractivity contribution in [2.24, 2.45) is 0 Å². The fourth-order valence-electron chi connectivity index (χ4n) is 4.42. The maximum atomic E-state index is 14.1. The summed E-state index contributed by atoms with van der Waals surface area (Å²) in [6.45, 7) is 3.36. The van der Waals surface area contributed by atoms with E-state index in [-0.39, 0.29) is 11.7 Å². The fourth-order valence-corrected chi connectivity index (χ4v) is 4.42. The molecule has 2 saturated heterocycles. The number of nitrogens with one attached hydrogen (secondary N) is 1. The Morgan fingerprint density at radius 2 is 1.73 bits per heavy atom. The van der Waals surface area contributed by atoms with Gasteiger partial charge in [-0.3, -0.25) is 9.69 Å². The van der Waals surface area contributed by atoms with Crippen molar-refractivity contribution in [3.05, 3.63) is 77.6 Å². The second kappa shape index (κ2) is 9.54. The molecule has 5 heteroatoms. The molecule has 4 nitrogen and oxygen atoms in total. The summed E-state index contributed by atoms with van der Waals surface area (Å²) in [5, 5.41) is 2.69. The molecule has 1 spiro atoms. The summed E-state index contributed by atoms with van der Waals surface area (Å²) >= 11 is 0. The maximum absolute atomic E-state index is 14.1. The van der Waals surface area contributed by atoms with E-state index in [0.29, 0.717) is 12.1 Å². The van der Waals surface area contributed by atoms with Crippen LogP contribution in [0.1, 0.15) is 36.8 Å². The van der Waals surface area contributed by atoms with Gasteiger partial charge in [0.15, 0.2) is 5.83 Å². The summed E-state index contributed by atoms with van der Waals surface area (Å²) in [4.78, 5) is 14.5. The third-order valence-electron chi connectivity index (χ3n) is 6.16. The van der Waals surface area contributed by atoms with Gasteiger partial charge in [0, 0.05) is 26.2 Å². The van der Waals surface area contributed by atoms with Crippen LogP contribution < -0.4 is 5.32 Å². The molecule has 2 aliphatic heterocycles. The highest BCUT2D eigenvalue weighted by Gasteiger charge is 2.42. The first-order chi connectivity index (χ1) is 14.6. The predicted octanol–water partition coefficient (Wildman–Crippen LogP) is 4.33. The van der Waals surface area contributed by atoms with E-state index in [2.05, 4.69) is 34.5 Å². The molecule has 1 amide bonds. The molecule has 0 radical (unpaired) electrons. The van der Waals surface area contributed by atoms with Crippen LogP contribution in [0.25, 0.3) is 6.08 Å². The van der Waals surface area contributed by atoms with Crippen LogP contribution in [-0.4, -0.2) is 42.1 Å². The lowest BCUT2D eigenvalue weighted by atomic mass is 9.88. The van der Waals surface area contributed by atoms with E-state index in [4.69, 9.17) is 4.74 Å². The van der Waals surface area contributed by atoms with Crippen LogP contribution in [0.2, 0.25) is 0 Å². The van der Waals surface area contributed by atoms with Gasteiger partial charge in [-0.2, -0.15) is 0 Å². The molecular formula is C25H29FN2O2. The number of hydrogen-bond acceptors (Lipinski definition) is 3. The lowest BCUT2D eigenvalue weighted by Crippen LogP contribution is -2.44. The van der Waals surface area contributed by atoms with Crippen molar-refractivity contribution in [2.45, 2.75) is 43.9 Å². The third-order valence-corrected chi connectivity index (χ3v) is 6.16. The van der Waals surface area contributed by atoms with Gasteiger partial charge in [0.2, 0.25) is 0 Å². The molecule has 4 rings (SSSR count). The van der Waals surface area contributed by atoms with Gasteiger partial charge in [-0.15, -0.1) is 0 Å². The molecule has 2 aliphatic rings. The zero-order chi connectivity index (χ0) is 20.8. The number of carbonyl (C=O) groups excluding carboxylic acids is 1. The van der Waals surface area contributed by atoms with Crippen LogP contribution >= 0.6 is 0 Å². The van der Waals surface area contributed by atoms with Crippen molar-refractivity contribution in [3.8, 4) is 0 Å². The van der Waals surface area contributed by atoms with E-state index < -0.39 is 11.7 Å². The Morgan fingerprint density at radius 1 is 1.07 bits per heavy atom. The minimum absolute atomic E-state index is 0.0425. The van der Waals surface area contributed by atoms with Gasteiger partial charge in [-0.05, 0) is 42.9 Å². The van der Waals surface area contributed by atoms with Crippen molar-refractivity contribution in [3.63, 3.8) is 0 Å². The van der Waals surface area contributed by atoms with Gasteiger partial charge in [0.1, 0.15) is 0 Å². The average molecular weight is 409 g/mol. The van der Waals surface area contributed by atoms with Crippen LogP contribution in [0.4, 0.5) is 4.39 Å². The normalized spacial score (nSPS) is 21.6. The molecule has 0 unspecified atom stereocenters. The summed E-state index contributed by atoms with van der Waals surface area (Å²) < 4.78 is 20.5. The minimum Gasteiger partial charge on any atom is -0.370 e. The molecule has 158 valence electrons. The molecule has 0 aromatic heterocycles. The van der Waals surface area contributed by atoms with Crippen LogP contribution in [0.3, 0.4) is 0 Å². The predicted molar refractivity (Wildman–Crippen MR) is 116 cm³/mol. The lowest BCUT2D eigenvalue weighted by Gasteiger charge is -2.39. The maximum Gasteiger partial charge on any atom is 0.280 e. The molecule has 2 aromatic rings. The number of ether oxygens (including phenoxy) is 1. The van der Waals surface area contributed by atoms with E-state index in [1.807, 2.05) is 24.3 Å². The second-order valence-corrected chi connectivity index (χ2v) is 8.34. The number of rotatable bonds is 6. The highest BCUT2D eigenvalue weighted by Crippen LogP contribution is 2.39. The number of amides is 1. The minimum atomic E-state index is -0.775. The summed E-state index contributed by atoms with van der Waals surface area (Å²) in [5.41, 5.74) is 1.93. The Bertz CT molecular complexity index is 861. The van der Waals surface area contributed by atoms with Crippen LogP contribution in [-0.2, 0) is 16.1 Å². The van der Waals surface area contributed by atoms with E-state index in [9.17, 15) is 9.18 Å². The first kappa shape index (κ1) is 20.8. The van der Waals surface area contributed by atoms with Crippen molar-refractivity contribution < 1.29 is 13.9 Å². The quantitative estimate of drug-likeness (QED) is 0.724. The van der Waals surface area contributed by atoms with E-state index in [0.717, 1.165) is 45.3 Å². The van der Waals surface area contributed by atoms with Gasteiger partial charge in [-0.1, -0.05) is 60.7 Å². The molecule has 0 saturated carbocycles. The Kier molecular flexibility index (Phi) is 6.60. The molecular weight excluding hydrogens is 379 g/mol. The summed E-state index contributed by atoms with van der Waals surface area (Å²) in [6, 6.07) is 19.6. The topological polar surface area (TPSA) is 41.6 Å². The summed E-state index contributed by atoms with van der Waals surface area (Å²) in [6.07, 6.45) is 5.14. The monoisotopic (exact) mass is 408 g/mol. The van der Waals surface area contributed by atoms with Crippen molar-refractivity contribution in [2.75, 3.05) is 19.6 Å². The average Bonchev–Trinajstić information content (AvgIpc) is 3.18. The van der Waals surface area contributed by atoms with Crippen LogP contribution in [0.15, 0.2) is 66.5 Å². The molecule has 2 fully saturated rings. The second-order valence-electron chi connectivity index (χ2n) is 8.34. The number of halogens is 1. The zero-order valence-corrected chi connectivity index (χ0v) is 17.2. The highest BCUT2D eigenvalue weighted by molar-refractivity contribution is 5.95. The van der Waals surface area contributed by atoms with Crippen LogP contribution in [0, 0.1) is 0 Å². The van der Waals surface area contributed by atoms with Gasteiger partial charge in [0.05, 0.1) is 11.7 Å². The lowest BCUT2D eigenvalue weighted by molar-refractivity contribution is -0.120. The standard InChI is InChI=1S/C25H29FN2O2/c26-23(17-20-7-3-1-4-8-20)24(29)27-18-22-11-12-25(30-22)13-15-28(16-14-25)19-21-9-5-2-6-10-21/h1-10,17,22H,11-16,18-19H2,(H,27,29)/b23-17-/t22-/m0/s1. The van der Waals surface area contributed by atoms with E-state index in [1.54, 1.807) is 12.1 Å². The number of likely N-dealkylation sites (tertiary alicyclic amines) is 1. The molecule has 0 bridgehead atoms. The molecule has 2 heterocycles. The van der Waals surface area contributed by atoms with Crippen molar-refractivity contribution >= 4 is 12.0 Å². The smallest absolute Gasteiger partial charge is 0.280 e. The Hall–Kier alpha value is -2.50. The SMILES string of the molecule is O=C(NC[C@@H]1CCC2(CCN(Cc3ccccc3)CC2)O1)/C(F)=C/c1ccccc1. The van der Waals surface area contributed by atoms with Gasteiger partial charge in [-0.25, -0.2) is 4.39 Å². The number of hydrogen-bond donors (Lipinski definition) is 1. The van der Waals surface area contributed by atoms with E-state index >= 15 is 0 Å². The molecule has 0 aliphatic carbocycles. The number of carbonyl (C=O) groups is 1. The number of piperidine rings is 1. The Labute approximate surface area is 177 Å². The highest BCUT2D eigenvalue weighted by atomic mass is 19.1. The van der Waals surface area contributed by atoms with Gasteiger partial charge < -0.3 is 10.1 Å². The van der Waals surface area contributed by atoms with Crippen molar-refractivity contribution in [1.29, 1.82) is 0 Å². The molecule has 1 N–H and O–H groups in total.